The number of rotatable bonds is 5. The van der Waals surface area contributed by atoms with Crippen LogP contribution in [0.15, 0.2) is 12.4 Å². The van der Waals surface area contributed by atoms with Gasteiger partial charge in [0, 0.05) is 19.9 Å². The van der Waals surface area contributed by atoms with Gasteiger partial charge in [-0.3, -0.25) is 4.68 Å². The van der Waals surface area contributed by atoms with Gasteiger partial charge in [0.25, 0.3) is 0 Å². The Morgan fingerprint density at radius 3 is 2.93 bits per heavy atom. The molecule has 0 aromatic carbocycles. The van der Waals surface area contributed by atoms with Gasteiger partial charge in [-0.2, -0.15) is 5.10 Å². The summed E-state index contributed by atoms with van der Waals surface area (Å²) in [6, 6.07) is 0. The molecule has 0 radical (unpaired) electrons. The first kappa shape index (κ1) is 11.7. The zero-order valence-electron chi connectivity index (χ0n) is 9.27. The molecule has 0 amide bonds. The Morgan fingerprint density at radius 1 is 1.67 bits per heavy atom. The summed E-state index contributed by atoms with van der Waals surface area (Å²) in [7, 11) is 1.75. The van der Waals surface area contributed by atoms with Crippen LogP contribution in [0.25, 0.3) is 0 Å². The van der Waals surface area contributed by atoms with E-state index in [4.69, 9.17) is 9.47 Å². The second kappa shape index (κ2) is 5.50. The molecule has 0 aliphatic heterocycles. The van der Waals surface area contributed by atoms with E-state index in [-0.39, 0.29) is 12.1 Å². The normalized spacial score (nSPS) is 12.5. The van der Waals surface area contributed by atoms with Crippen molar-refractivity contribution in [2.45, 2.75) is 20.0 Å². The highest BCUT2D eigenvalue weighted by Gasteiger charge is 2.13. The van der Waals surface area contributed by atoms with Crippen molar-refractivity contribution >= 4 is 5.97 Å². The predicted octanol–water partition coefficient (Wildman–Crippen LogP) is 1.00. The van der Waals surface area contributed by atoms with E-state index in [1.54, 1.807) is 24.9 Å². The Labute approximate surface area is 89.0 Å². The zero-order chi connectivity index (χ0) is 11.3. The Kier molecular flexibility index (Phi) is 4.30. The van der Waals surface area contributed by atoms with E-state index < -0.39 is 0 Å². The highest BCUT2D eigenvalue weighted by atomic mass is 16.6. The van der Waals surface area contributed by atoms with Gasteiger partial charge in [0.1, 0.15) is 6.10 Å². The first-order valence-corrected chi connectivity index (χ1v) is 4.90. The molecule has 0 fully saturated rings. The summed E-state index contributed by atoms with van der Waals surface area (Å²) < 4.78 is 11.8. The molecule has 1 heterocycles. The highest BCUT2D eigenvalue weighted by Crippen LogP contribution is 2.02. The molecule has 0 aliphatic carbocycles. The maximum atomic E-state index is 11.5. The molecule has 0 saturated carbocycles. The largest absolute Gasteiger partial charge is 0.457 e. The van der Waals surface area contributed by atoms with Crippen LogP contribution in [0.4, 0.5) is 0 Å². The SMILES string of the molecule is CCOCC(C)OC(=O)c1cnn(C)c1. The summed E-state index contributed by atoms with van der Waals surface area (Å²) in [5, 5.41) is 3.89. The van der Waals surface area contributed by atoms with Gasteiger partial charge in [-0.1, -0.05) is 0 Å². The summed E-state index contributed by atoms with van der Waals surface area (Å²) in [5.41, 5.74) is 0.459. The van der Waals surface area contributed by atoms with Crippen molar-refractivity contribution in [2.75, 3.05) is 13.2 Å². The first-order valence-electron chi connectivity index (χ1n) is 4.90. The zero-order valence-corrected chi connectivity index (χ0v) is 9.27. The van der Waals surface area contributed by atoms with Gasteiger partial charge < -0.3 is 9.47 Å². The number of ether oxygens (including phenoxy) is 2. The van der Waals surface area contributed by atoms with E-state index in [0.717, 1.165) is 0 Å². The van der Waals surface area contributed by atoms with Gasteiger partial charge in [0.2, 0.25) is 0 Å². The molecule has 1 aromatic rings. The van der Waals surface area contributed by atoms with Crippen molar-refractivity contribution in [3.8, 4) is 0 Å². The molecule has 0 saturated heterocycles. The lowest BCUT2D eigenvalue weighted by Gasteiger charge is -2.11. The van der Waals surface area contributed by atoms with Crippen LogP contribution < -0.4 is 0 Å². The average molecular weight is 212 g/mol. The maximum Gasteiger partial charge on any atom is 0.341 e. The highest BCUT2D eigenvalue weighted by molar-refractivity contribution is 5.88. The van der Waals surface area contributed by atoms with Gasteiger partial charge in [0.05, 0.1) is 18.4 Å². The molecule has 5 heteroatoms. The number of hydrogen-bond donors (Lipinski definition) is 0. The van der Waals surface area contributed by atoms with Crippen molar-refractivity contribution in [1.29, 1.82) is 0 Å². The number of hydrogen-bond acceptors (Lipinski definition) is 4. The van der Waals surface area contributed by atoms with E-state index in [1.807, 2.05) is 6.92 Å². The van der Waals surface area contributed by atoms with E-state index in [2.05, 4.69) is 5.10 Å². The summed E-state index contributed by atoms with van der Waals surface area (Å²) in [4.78, 5) is 11.5. The Morgan fingerprint density at radius 2 is 2.40 bits per heavy atom. The quantitative estimate of drug-likeness (QED) is 0.683. The van der Waals surface area contributed by atoms with Crippen LogP contribution in [-0.2, 0) is 16.5 Å². The third kappa shape index (κ3) is 3.71. The van der Waals surface area contributed by atoms with Crippen molar-refractivity contribution in [2.24, 2.45) is 7.05 Å². The number of aryl methyl sites for hydroxylation is 1. The number of esters is 1. The van der Waals surface area contributed by atoms with Crippen LogP contribution in [0.3, 0.4) is 0 Å². The van der Waals surface area contributed by atoms with Crippen molar-refractivity contribution in [3.05, 3.63) is 18.0 Å². The Bertz CT molecular complexity index is 322. The molecule has 84 valence electrons. The van der Waals surface area contributed by atoms with E-state index in [1.165, 1.54) is 6.20 Å². The number of aromatic nitrogens is 2. The number of carbonyl (C=O) groups is 1. The molecule has 1 atom stereocenters. The van der Waals surface area contributed by atoms with E-state index in [0.29, 0.717) is 18.8 Å². The van der Waals surface area contributed by atoms with Crippen LogP contribution in [0.1, 0.15) is 24.2 Å². The molecule has 1 aromatic heterocycles. The fraction of sp³-hybridized carbons (Fsp3) is 0.600. The van der Waals surface area contributed by atoms with Gasteiger partial charge in [-0.05, 0) is 13.8 Å². The van der Waals surface area contributed by atoms with Gasteiger partial charge in [0.15, 0.2) is 0 Å². The third-order valence-electron chi connectivity index (χ3n) is 1.81. The fourth-order valence-corrected chi connectivity index (χ4v) is 1.10. The number of nitrogens with zero attached hydrogens (tertiary/aromatic N) is 2. The lowest BCUT2D eigenvalue weighted by Crippen LogP contribution is -2.20. The lowest BCUT2D eigenvalue weighted by atomic mass is 10.3. The molecule has 5 nitrogen and oxygen atoms in total. The molecule has 0 bridgehead atoms. The predicted molar refractivity (Wildman–Crippen MR) is 54.6 cm³/mol. The average Bonchev–Trinajstić information content (AvgIpc) is 2.61. The summed E-state index contributed by atoms with van der Waals surface area (Å²) >= 11 is 0. The smallest absolute Gasteiger partial charge is 0.341 e. The van der Waals surface area contributed by atoms with Crippen LogP contribution in [0.5, 0.6) is 0 Å². The van der Waals surface area contributed by atoms with Crippen LogP contribution in [-0.4, -0.2) is 35.1 Å². The second-order valence-electron chi connectivity index (χ2n) is 3.28. The lowest BCUT2D eigenvalue weighted by molar-refractivity contribution is 0.00439. The Balaban J connectivity index is 2.42. The molecular weight excluding hydrogens is 196 g/mol. The van der Waals surface area contributed by atoms with Crippen molar-refractivity contribution in [3.63, 3.8) is 0 Å². The fourth-order valence-electron chi connectivity index (χ4n) is 1.10. The van der Waals surface area contributed by atoms with Crippen molar-refractivity contribution < 1.29 is 14.3 Å². The molecular formula is C10H16N2O3. The monoisotopic (exact) mass is 212 g/mol. The summed E-state index contributed by atoms with van der Waals surface area (Å²) in [5.74, 6) is -0.365. The molecule has 15 heavy (non-hydrogen) atoms. The van der Waals surface area contributed by atoms with E-state index >= 15 is 0 Å². The molecule has 0 aliphatic rings. The van der Waals surface area contributed by atoms with Gasteiger partial charge >= 0.3 is 5.97 Å². The third-order valence-corrected chi connectivity index (χ3v) is 1.81. The first-order chi connectivity index (χ1) is 7.13. The van der Waals surface area contributed by atoms with Crippen LogP contribution in [0, 0.1) is 0 Å². The van der Waals surface area contributed by atoms with E-state index in [9.17, 15) is 4.79 Å². The standard InChI is InChI=1S/C10H16N2O3/c1-4-14-7-8(2)15-10(13)9-5-11-12(3)6-9/h5-6,8H,4,7H2,1-3H3. The van der Waals surface area contributed by atoms with Gasteiger partial charge in [-0.15, -0.1) is 0 Å². The second-order valence-corrected chi connectivity index (χ2v) is 3.28. The minimum Gasteiger partial charge on any atom is -0.457 e. The minimum absolute atomic E-state index is 0.238. The molecule has 1 rings (SSSR count). The number of carbonyl (C=O) groups excluding carboxylic acids is 1. The molecule has 1 unspecified atom stereocenters. The molecule has 0 spiro atoms. The van der Waals surface area contributed by atoms with Crippen LogP contribution >= 0.6 is 0 Å². The Hall–Kier alpha value is -1.36. The maximum absolute atomic E-state index is 11.5. The topological polar surface area (TPSA) is 53.4 Å². The van der Waals surface area contributed by atoms with Crippen molar-refractivity contribution in [1.82, 2.24) is 9.78 Å². The minimum atomic E-state index is -0.365. The molecule has 0 N–H and O–H groups in total. The summed E-state index contributed by atoms with van der Waals surface area (Å²) in [6.07, 6.45) is 2.86. The van der Waals surface area contributed by atoms with Gasteiger partial charge in [-0.25, -0.2) is 4.79 Å². The van der Waals surface area contributed by atoms with Crippen LogP contribution in [0.2, 0.25) is 0 Å². The summed E-state index contributed by atoms with van der Waals surface area (Å²) in [6.45, 7) is 4.73.